The largest absolute Gasteiger partial charge is 0.350 e. The number of halogens is 1. The average molecular weight is 273 g/mol. The number of amides is 2. The molecule has 0 radical (unpaired) electrons. The van der Waals surface area contributed by atoms with Crippen LogP contribution in [0.5, 0.6) is 0 Å². The van der Waals surface area contributed by atoms with Crippen LogP contribution in [0, 0.1) is 5.92 Å². The van der Waals surface area contributed by atoms with Crippen LogP contribution in [0.15, 0.2) is 12.1 Å². The molecule has 2 amide bonds. The highest BCUT2D eigenvalue weighted by Crippen LogP contribution is 2.28. The Bertz CT molecular complexity index is 429. The summed E-state index contributed by atoms with van der Waals surface area (Å²) in [5.74, 6) is -0.0539. The zero-order valence-electron chi connectivity index (χ0n) is 9.16. The molecule has 1 fully saturated rings. The van der Waals surface area contributed by atoms with Gasteiger partial charge in [-0.3, -0.25) is 9.59 Å². The molecule has 1 heterocycles. The number of hydrogen-bond donors (Lipinski definition) is 2. The fourth-order valence-electron chi connectivity index (χ4n) is 1.35. The van der Waals surface area contributed by atoms with Crippen molar-refractivity contribution in [3.05, 3.63) is 21.3 Å². The van der Waals surface area contributed by atoms with Crippen molar-refractivity contribution in [1.29, 1.82) is 0 Å². The third-order valence-electron chi connectivity index (χ3n) is 2.46. The van der Waals surface area contributed by atoms with E-state index in [2.05, 4.69) is 10.6 Å². The molecule has 0 atom stereocenters. The monoisotopic (exact) mass is 272 g/mol. The molecule has 17 heavy (non-hydrogen) atoms. The maximum atomic E-state index is 11.4. The second-order valence-corrected chi connectivity index (χ2v) is 5.77. The van der Waals surface area contributed by atoms with E-state index in [-0.39, 0.29) is 24.3 Å². The second-order valence-electron chi connectivity index (χ2n) is 3.97. The van der Waals surface area contributed by atoms with Gasteiger partial charge in [0.2, 0.25) is 11.8 Å². The van der Waals surface area contributed by atoms with E-state index in [0.29, 0.717) is 10.9 Å². The van der Waals surface area contributed by atoms with E-state index in [4.69, 9.17) is 11.6 Å². The van der Waals surface area contributed by atoms with Gasteiger partial charge in [-0.05, 0) is 25.0 Å². The molecule has 1 aromatic heterocycles. The summed E-state index contributed by atoms with van der Waals surface area (Å²) >= 11 is 7.20. The predicted molar refractivity (Wildman–Crippen MR) is 66.9 cm³/mol. The van der Waals surface area contributed by atoms with Gasteiger partial charge < -0.3 is 10.6 Å². The third-order valence-corrected chi connectivity index (χ3v) is 3.69. The highest BCUT2D eigenvalue weighted by Gasteiger charge is 2.29. The average Bonchev–Trinajstić information content (AvgIpc) is 3.07. The first kappa shape index (κ1) is 12.4. The summed E-state index contributed by atoms with van der Waals surface area (Å²) in [6.45, 7) is 0.504. The molecule has 0 aromatic carbocycles. The van der Waals surface area contributed by atoms with E-state index in [0.717, 1.165) is 17.7 Å². The third kappa shape index (κ3) is 4.02. The zero-order valence-corrected chi connectivity index (χ0v) is 10.7. The van der Waals surface area contributed by atoms with Crippen LogP contribution < -0.4 is 10.6 Å². The zero-order chi connectivity index (χ0) is 12.3. The van der Waals surface area contributed by atoms with Crippen molar-refractivity contribution in [1.82, 2.24) is 10.6 Å². The van der Waals surface area contributed by atoms with Gasteiger partial charge in [0, 0.05) is 10.8 Å². The lowest BCUT2D eigenvalue weighted by molar-refractivity contribution is -0.126. The maximum absolute atomic E-state index is 11.4. The Balaban J connectivity index is 1.65. The molecule has 0 unspecified atom stereocenters. The van der Waals surface area contributed by atoms with Crippen molar-refractivity contribution in [3.63, 3.8) is 0 Å². The molecule has 0 aliphatic heterocycles. The van der Waals surface area contributed by atoms with Crippen molar-refractivity contribution < 1.29 is 9.59 Å². The van der Waals surface area contributed by atoms with Crippen molar-refractivity contribution in [3.8, 4) is 0 Å². The standard InChI is InChI=1S/C11H13ClN2O2S/c12-9-4-3-8(17-9)5-13-10(15)6-14-11(16)7-1-2-7/h3-4,7H,1-2,5-6H2,(H,13,15)(H,14,16). The molecule has 1 aromatic rings. The molecule has 1 aliphatic rings. The number of thiophene rings is 1. The maximum Gasteiger partial charge on any atom is 0.239 e. The molecule has 4 nitrogen and oxygen atoms in total. The van der Waals surface area contributed by atoms with E-state index in [1.165, 1.54) is 11.3 Å². The van der Waals surface area contributed by atoms with Crippen molar-refractivity contribution in [2.24, 2.45) is 5.92 Å². The highest BCUT2D eigenvalue weighted by atomic mass is 35.5. The van der Waals surface area contributed by atoms with Gasteiger partial charge in [-0.1, -0.05) is 11.6 Å². The summed E-state index contributed by atoms with van der Waals surface area (Å²) in [5, 5.41) is 5.34. The molecule has 6 heteroatoms. The smallest absolute Gasteiger partial charge is 0.239 e. The Morgan fingerprint density at radius 2 is 2.12 bits per heavy atom. The van der Waals surface area contributed by atoms with Gasteiger partial charge in [-0.15, -0.1) is 11.3 Å². The number of nitrogens with one attached hydrogen (secondary N) is 2. The minimum Gasteiger partial charge on any atom is -0.350 e. The molecule has 2 rings (SSSR count). The Kier molecular flexibility index (Phi) is 4.02. The lowest BCUT2D eigenvalue weighted by Crippen LogP contribution is -2.37. The van der Waals surface area contributed by atoms with Crippen molar-refractivity contribution in [2.45, 2.75) is 19.4 Å². The van der Waals surface area contributed by atoms with Crippen LogP contribution in [0.3, 0.4) is 0 Å². The van der Waals surface area contributed by atoms with Gasteiger partial charge in [0.25, 0.3) is 0 Å². The van der Waals surface area contributed by atoms with E-state index in [9.17, 15) is 9.59 Å². The summed E-state index contributed by atoms with van der Waals surface area (Å²) in [6.07, 6.45) is 1.89. The van der Waals surface area contributed by atoms with E-state index >= 15 is 0 Å². The first-order chi connectivity index (χ1) is 8.15. The van der Waals surface area contributed by atoms with Crippen LogP contribution >= 0.6 is 22.9 Å². The van der Waals surface area contributed by atoms with Crippen LogP contribution in [0.25, 0.3) is 0 Å². The lowest BCUT2D eigenvalue weighted by Gasteiger charge is -2.05. The van der Waals surface area contributed by atoms with Gasteiger partial charge in [0.1, 0.15) is 0 Å². The SMILES string of the molecule is O=C(CNC(=O)C1CC1)NCc1ccc(Cl)s1. The molecule has 1 aliphatic carbocycles. The van der Waals surface area contributed by atoms with Crippen LogP contribution in [-0.4, -0.2) is 18.4 Å². The number of carbonyl (C=O) groups excluding carboxylic acids is 2. The molecular weight excluding hydrogens is 260 g/mol. The summed E-state index contributed by atoms with van der Waals surface area (Å²) in [5.41, 5.74) is 0. The van der Waals surface area contributed by atoms with Crippen molar-refractivity contribution in [2.75, 3.05) is 6.54 Å². The molecule has 0 spiro atoms. The molecule has 0 saturated heterocycles. The van der Waals surface area contributed by atoms with Crippen LogP contribution in [0.4, 0.5) is 0 Å². The molecule has 2 N–H and O–H groups in total. The van der Waals surface area contributed by atoms with Gasteiger partial charge in [-0.2, -0.15) is 0 Å². The highest BCUT2D eigenvalue weighted by molar-refractivity contribution is 7.16. The Hall–Kier alpha value is -1.07. The van der Waals surface area contributed by atoms with E-state index in [1.54, 1.807) is 6.07 Å². The fourth-order valence-corrected chi connectivity index (χ4v) is 2.38. The first-order valence-electron chi connectivity index (χ1n) is 5.44. The molecular formula is C11H13ClN2O2S. The summed E-state index contributed by atoms with van der Waals surface area (Å²) < 4.78 is 0.705. The summed E-state index contributed by atoms with van der Waals surface area (Å²) in [7, 11) is 0. The Morgan fingerprint density at radius 1 is 1.35 bits per heavy atom. The first-order valence-corrected chi connectivity index (χ1v) is 6.63. The van der Waals surface area contributed by atoms with Crippen LogP contribution in [0.2, 0.25) is 4.34 Å². The molecule has 1 saturated carbocycles. The van der Waals surface area contributed by atoms with Crippen molar-refractivity contribution >= 4 is 34.8 Å². The van der Waals surface area contributed by atoms with Gasteiger partial charge in [0.05, 0.1) is 17.4 Å². The summed E-state index contributed by atoms with van der Waals surface area (Å²) in [6, 6.07) is 3.67. The van der Waals surface area contributed by atoms with Gasteiger partial charge >= 0.3 is 0 Å². The molecule has 92 valence electrons. The topological polar surface area (TPSA) is 58.2 Å². The number of carbonyl (C=O) groups is 2. The normalized spacial score (nSPS) is 14.4. The number of hydrogen-bond acceptors (Lipinski definition) is 3. The van der Waals surface area contributed by atoms with E-state index < -0.39 is 0 Å². The van der Waals surface area contributed by atoms with E-state index in [1.807, 2.05) is 6.07 Å². The van der Waals surface area contributed by atoms with Gasteiger partial charge in [-0.25, -0.2) is 0 Å². The Labute approximate surface area is 108 Å². The number of rotatable bonds is 5. The van der Waals surface area contributed by atoms with Gasteiger partial charge in [0.15, 0.2) is 0 Å². The predicted octanol–water partition coefficient (Wildman–Crippen LogP) is 1.54. The van der Waals surface area contributed by atoms with Crippen LogP contribution in [-0.2, 0) is 16.1 Å². The quantitative estimate of drug-likeness (QED) is 0.854. The fraction of sp³-hybridized carbons (Fsp3) is 0.455. The minimum absolute atomic E-state index is 0.0145. The lowest BCUT2D eigenvalue weighted by atomic mass is 10.4. The van der Waals surface area contributed by atoms with Crippen LogP contribution in [0.1, 0.15) is 17.7 Å². The Morgan fingerprint density at radius 3 is 2.71 bits per heavy atom. The summed E-state index contributed by atoms with van der Waals surface area (Å²) in [4.78, 5) is 23.7. The second kappa shape index (κ2) is 5.51. The minimum atomic E-state index is -0.177. The molecule has 0 bridgehead atoms.